The Balaban J connectivity index is 1.75. The van der Waals surface area contributed by atoms with Gasteiger partial charge in [0, 0.05) is 18.5 Å². The first-order valence-corrected chi connectivity index (χ1v) is 10.3. The molecule has 1 aliphatic heterocycles. The van der Waals surface area contributed by atoms with Crippen molar-refractivity contribution in [1.29, 1.82) is 0 Å². The number of fused-ring (bicyclic) bond motifs is 1. The number of nitrogens with zero attached hydrogens (tertiary/aromatic N) is 2. The molecule has 3 rings (SSSR count). The number of nitrogens with one attached hydrogen (secondary N) is 2. The van der Waals surface area contributed by atoms with Crippen LogP contribution in [0.2, 0.25) is 6.32 Å². The maximum Gasteiger partial charge on any atom is 0.224 e. The molecule has 1 aliphatic rings. The van der Waals surface area contributed by atoms with Gasteiger partial charge in [0.2, 0.25) is 5.95 Å². The first-order valence-electron chi connectivity index (χ1n) is 9.31. The van der Waals surface area contributed by atoms with E-state index in [4.69, 9.17) is 4.74 Å². The molecule has 0 fully saturated rings. The Morgan fingerprint density at radius 3 is 3.12 bits per heavy atom. The third kappa shape index (κ3) is 4.84. The predicted molar refractivity (Wildman–Crippen MR) is 111 cm³/mol. The number of hydrogen-bond donors (Lipinski definition) is 2. The minimum atomic E-state index is 0.519. The van der Waals surface area contributed by atoms with Gasteiger partial charge in [0.15, 0.2) is 18.8 Å². The van der Waals surface area contributed by atoms with Crippen LogP contribution in [0.15, 0.2) is 29.3 Å². The van der Waals surface area contributed by atoms with Crippen molar-refractivity contribution in [2.75, 3.05) is 30.0 Å². The lowest BCUT2D eigenvalue weighted by Crippen LogP contribution is -2.22. The summed E-state index contributed by atoms with van der Waals surface area (Å²) >= 11 is 1.93. The van der Waals surface area contributed by atoms with E-state index in [9.17, 15) is 0 Å². The molecule has 0 bridgehead atoms. The number of benzene rings is 1. The van der Waals surface area contributed by atoms with E-state index >= 15 is 0 Å². The molecule has 0 unspecified atom stereocenters. The topological polar surface area (TPSA) is 59.1 Å². The summed E-state index contributed by atoms with van der Waals surface area (Å²) in [6, 6.07) is 6.47. The van der Waals surface area contributed by atoms with E-state index in [1.54, 1.807) is 6.20 Å². The third-order valence-electron chi connectivity index (χ3n) is 4.30. The van der Waals surface area contributed by atoms with Crippen LogP contribution in [-0.4, -0.2) is 36.6 Å². The molecule has 7 heteroatoms. The smallest absolute Gasteiger partial charge is 0.224 e. The van der Waals surface area contributed by atoms with Gasteiger partial charge in [-0.05, 0) is 23.8 Å². The molecule has 137 valence electrons. The maximum atomic E-state index is 6.12. The SMILES string of the molecule is CCCCNc1nc(NC)ncc1OCc1cccc2c1[B]CCCS2. The van der Waals surface area contributed by atoms with Gasteiger partial charge in [-0.3, -0.25) is 0 Å². The fraction of sp³-hybridized carbons (Fsp3) is 0.474. The van der Waals surface area contributed by atoms with E-state index in [0.717, 1.165) is 31.5 Å². The number of hydrogen-bond acceptors (Lipinski definition) is 6. The summed E-state index contributed by atoms with van der Waals surface area (Å²) < 4.78 is 6.12. The van der Waals surface area contributed by atoms with E-state index in [2.05, 4.69) is 53.0 Å². The highest BCUT2D eigenvalue weighted by atomic mass is 32.2. The quantitative estimate of drug-likeness (QED) is 0.548. The lowest BCUT2D eigenvalue weighted by Gasteiger charge is -2.15. The molecule has 2 heterocycles. The lowest BCUT2D eigenvalue weighted by molar-refractivity contribution is 0.306. The Bertz CT molecular complexity index is 729. The number of ether oxygens (including phenoxy) is 1. The second kappa shape index (κ2) is 9.71. The second-order valence-corrected chi connectivity index (χ2v) is 7.39. The van der Waals surface area contributed by atoms with Crippen LogP contribution in [0.4, 0.5) is 11.8 Å². The Morgan fingerprint density at radius 1 is 1.35 bits per heavy atom. The summed E-state index contributed by atoms with van der Waals surface area (Å²) in [5, 5.41) is 6.35. The highest BCUT2D eigenvalue weighted by molar-refractivity contribution is 7.99. The molecule has 0 saturated carbocycles. The van der Waals surface area contributed by atoms with E-state index in [1.165, 1.54) is 28.1 Å². The van der Waals surface area contributed by atoms with Gasteiger partial charge in [0.25, 0.3) is 0 Å². The number of rotatable bonds is 8. The Hall–Kier alpha value is -1.89. The normalized spacial score (nSPS) is 13.3. The average molecular weight is 369 g/mol. The van der Waals surface area contributed by atoms with Crippen LogP contribution in [0.1, 0.15) is 31.7 Å². The van der Waals surface area contributed by atoms with Gasteiger partial charge in [-0.1, -0.05) is 43.7 Å². The predicted octanol–water partition coefficient (Wildman–Crippen LogP) is 3.55. The molecule has 5 nitrogen and oxygen atoms in total. The zero-order valence-electron chi connectivity index (χ0n) is 15.5. The van der Waals surface area contributed by atoms with Crippen molar-refractivity contribution in [3.05, 3.63) is 30.0 Å². The zero-order chi connectivity index (χ0) is 18.2. The Labute approximate surface area is 161 Å². The molecule has 1 aromatic carbocycles. The van der Waals surface area contributed by atoms with Crippen molar-refractivity contribution in [2.45, 2.75) is 44.0 Å². The van der Waals surface area contributed by atoms with Crippen LogP contribution < -0.4 is 20.8 Å². The highest BCUT2D eigenvalue weighted by Gasteiger charge is 2.14. The number of anilines is 2. The van der Waals surface area contributed by atoms with Crippen molar-refractivity contribution in [3.63, 3.8) is 0 Å². The summed E-state index contributed by atoms with van der Waals surface area (Å²) in [7, 11) is 4.16. The molecule has 0 spiro atoms. The molecule has 26 heavy (non-hydrogen) atoms. The molecule has 2 aromatic rings. The summed E-state index contributed by atoms with van der Waals surface area (Å²) in [4.78, 5) is 10.2. The van der Waals surface area contributed by atoms with Crippen molar-refractivity contribution in [1.82, 2.24) is 9.97 Å². The minimum absolute atomic E-state index is 0.519. The number of aromatic nitrogens is 2. The monoisotopic (exact) mass is 369 g/mol. The second-order valence-electron chi connectivity index (χ2n) is 6.25. The van der Waals surface area contributed by atoms with Crippen LogP contribution >= 0.6 is 11.8 Å². The summed E-state index contributed by atoms with van der Waals surface area (Å²) in [6.07, 6.45) is 6.33. The average Bonchev–Trinajstić information content (AvgIpc) is 2.93. The van der Waals surface area contributed by atoms with Crippen molar-refractivity contribution in [2.24, 2.45) is 0 Å². The zero-order valence-corrected chi connectivity index (χ0v) is 16.4. The summed E-state index contributed by atoms with van der Waals surface area (Å²) in [5.74, 6) is 3.21. The van der Waals surface area contributed by atoms with E-state index in [0.29, 0.717) is 18.3 Å². The van der Waals surface area contributed by atoms with Crippen molar-refractivity contribution in [3.8, 4) is 5.75 Å². The van der Waals surface area contributed by atoms with E-state index < -0.39 is 0 Å². The minimum Gasteiger partial charge on any atom is -0.483 e. The van der Waals surface area contributed by atoms with Gasteiger partial charge in [0.05, 0.1) is 6.20 Å². The van der Waals surface area contributed by atoms with Crippen LogP contribution in [0.3, 0.4) is 0 Å². The summed E-state index contributed by atoms with van der Waals surface area (Å²) in [6.45, 7) is 3.57. The largest absolute Gasteiger partial charge is 0.483 e. The van der Waals surface area contributed by atoms with Gasteiger partial charge in [-0.15, -0.1) is 11.8 Å². The summed E-state index contributed by atoms with van der Waals surface area (Å²) in [5.41, 5.74) is 2.54. The van der Waals surface area contributed by atoms with Gasteiger partial charge in [0.1, 0.15) is 6.61 Å². The molecule has 0 atom stereocenters. The van der Waals surface area contributed by atoms with Crippen LogP contribution in [0, 0.1) is 0 Å². The molecule has 0 saturated heterocycles. The molecule has 1 radical (unpaired) electrons. The molecule has 2 N–H and O–H groups in total. The number of thioether (sulfide) groups is 1. The lowest BCUT2D eigenvalue weighted by atomic mass is 9.65. The first kappa shape index (κ1) is 18.9. The van der Waals surface area contributed by atoms with Crippen LogP contribution in [0.25, 0.3) is 0 Å². The Kier molecular flexibility index (Phi) is 7.06. The van der Waals surface area contributed by atoms with Gasteiger partial charge in [-0.2, -0.15) is 4.98 Å². The van der Waals surface area contributed by atoms with Crippen molar-refractivity contribution >= 4 is 36.3 Å². The van der Waals surface area contributed by atoms with E-state index in [-0.39, 0.29) is 0 Å². The van der Waals surface area contributed by atoms with Gasteiger partial charge in [-0.25, -0.2) is 4.98 Å². The number of unbranched alkanes of at least 4 members (excludes halogenated alkanes) is 1. The third-order valence-corrected chi connectivity index (χ3v) is 5.46. The van der Waals surface area contributed by atoms with Crippen molar-refractivity contribution < 1.29 is 4.74 Å². The fourth-order valence-electron chi connectivity index (χ4n) is 2.85. The standard InChI is InChI=1S/C19H26BN4OS/c1-3-4-10-22-18-15(12-23-19(21-2)24-18)25-13-14-7-5-8-16-17(14)20-9-6-11-26-16/h5,7-8,12H,3-4,6,9-11,13H2,1-2H3,(H2,21,22,23,24). The maximum absolute atomic E-state index is 6.12. The first-order chi connectivity index (χ1) is 12.8. The Morgan fingerprint density at radius 2 is 2.27 bits per heavy atom. The van der Waals surface area contributed by atoms with Gasteiger partial charge >= 0.3 is 0 Å². The molecular formula is C19H26BN4OS. The van der Waals surface area contributed by atoms with Crippen LogP contribution in [-0.2, 0) is 6.61 Å². The molecule has 1 aromatic heterocycles. The molecule has 0 amide bonds. The fourth-order valence-corrected chi connectivity index (χ4v) is 3.92. The van der Waals surface area contributed by atoms with Gasteiger partial charge < -0.3 is 15.4 Å². The highest BCUT2D eigenvalue weighted by Crippen LogP contribution is 2.25. The van der Waals surface area contributed by atoms with E-state index in [1.807, 2.05) is 18.8 Å². The molecule has 0 aliphatic carbocycles. The molecular weight excluding hydrogens is 343 g/mol. The van der Waals surface area contributed by atoms with Crippen LogP contribution in [0.5, 0.6) is 5.75 Å².